The first-order valence-corrected chi connectivity index (χ1v) is 7.23. The van der Waals surface area contributed by atoms with E-state index in [4.69, 9.17) is 0 Å². The number of aliphatic hydroxyl groups excluding tert-OH is 1. The molecule has 0 amide bonds. The van der Waals surface area contributed by atoms with Crippen molar-refractivity contribution >= 4 is 9.84 Å². The van der Waals surface area contributed by atoms with Crippen LogP contribution in [-0.2, 0) is 9.84 Å². The molecule has 0 spiro atoms. The van der Waals surface area contributed by atoms with Gasteiger partial charge in [-0.3, -0.25) is 4.98 Å². The Morgan fingerprint density at radius 2 is 2.19 bits per heavy atom. The zero-order valence-electron chi connectivity index (χ0n) is 9.55. The van der Waals surface area contributed by atoms with E-state index >= 15 is 0 Å². The first-order valence-electron chi connectivity index (χ1n) is 5.17. The molecule has 1 aromatic rings. The summed E-state index contributed by atoms with van der Waals surface area (Å²) >= 11 is 0. The molecule has 5 heteroatoms. The summed E-state index contributed by atoms with van der Waals surface area (Å²) in [5.41, 5.74) is 1.64. The van der Waals surface area contributed by atoms with Gasteiger partial charge in [-0.05, 0) is 37.5 Å². The minimum atomic E-state index is -2.93. The molecule has 16 heavy (non-hydrogen) atoms. The van der Waals surface area contributed by atoms with Gasteiger partial charge in [-0.15, -0.1) is 0 Å². The molecule has 0 aliphatic carbocycles. The van der Waals surface area contributed by atoms with Gasteiger partial charge < -0.3 is 5.11 Å². The van der Waals surface area contributed by atoms with Crippen molar-refractivity contribution in [1.29, 1.82) is 0 Å². The van der Waals surface area contributed by atoms with Crippen LogP contribution in [-0.4, -0.2) is 30.5 Å². The van der Waals surface area contributed by atoms with Crippen LogP contribution >= 0.6 is 0 Å². The molecule has 0 saturated heterocycles. The van der Waals surface area contributed by atoms with Crippen molar-refractivity contribution in [2.75, 3.05) is 12.0 Å². The molecular weight excluding hydrogens is 226 g/mol. The van der Waals surface area contributed by atoms with E-state index in [1.165, 1.54) is 6.26 Å². The smallest absolute Gasteiger partial charge is 0.147 e. The van der Waals surface area contributed by atoms with Crippen molar-refractivity contribution in [3.63, 3.8) is 0 Å². The maximum absolute atomic E-state index is 10.9. The summed E-state index contributed by atoms with van der Waals surface area (Å²) in [5, 5.41) is 9.82. The number of hydrogen-bond donors (Lipinski definition) is 1. The minimum Gasteiger partial charge on any atom is -0.388 e. The molecule has 0 aromatic carbocycles. The topological polar surface area (TPSA) is 67.3 Å². The largest absolute Gasteiger partial charge is 0.388 e. The Morgan fingerprint density at radius 3 is 2.75 bits per heavy atom. The highest BCUT2D eigenvalue weighted by Gasteiger charge is 2.09. The fourth-order valence-corrected chi connectivity index (χ4v) is 2.17. The number of sulfone groups is 1. The Labute approximate surface area is 96.3 Å². The lowest BCUT2D eigenvalue weighted by Crippen LogP contribution is -2.06. The van der Waals surface area contributed by atoms with Crippen LogP contribution in [0.4, 0.5) is 0 Å². The predicted octanol–water partition coefficient (Wildman–Crippen LogP) is 1.25. The predicted molar refractivity (Wildman–Crippen MR) is 62.9 cm³/mol. The van der Waals surface area contributed by atoms with E-state index in [-0.39, 0.29) is 5.75 Å². The van der Waals surface area contributed by atoms with Crippen molar-refractivity contribution in [2.24, 2.45) is 0 Å². The molecule has 1 atom stereocenters. The molecule has 0 fully saturated rings. The number of rotatable bonds is 5. The number of nitrogens with zero attached hydrogens (tertiary/aromatic N) is 1. The average molecular weight is 243 g/mol. The SMILES string of the molecule is Cc1cc(C(O)CCCS(C)(=O)=O)ccn1. The molecule has 1 aromatic heterocycles. The summed E-state index contributed by atoms with van der Waals surface area (Å²) in [4.78, 5) is 4.03. The van der Waals surface area contributed by atoms with Gasteiger partial charge in [0.25, 0.3) is 0 Å². The third-order valence-corrected chi connectivity index (χ3v) is 3.33. The van der Waals surface area contributed by atoms with Crippen molar-refractivity contribution in [3.8, 4) is 0 Å². The van der Waals surface area contributed by atoms with Crippen molar-refractivity contribution in [1.82, 2.24) is 4.98 Å². The van der Waals surface area contributed by atoms with Crippen LogP contribution < -0.4 is 0 Å². The van der Waals surface area contributed by atoms with Gasteiger partial charge >= 0.3 is 0 Å². The first kappa shape index (κ1) is 13.1. The fraction of sp³-hybridized carbons (Fsp3) is 0.545. The quantitative estimate of drug-likeness (QED) is 0.845. The molecule has 1 rings (SSSR count). The summed E-state index contributed by atoms with van der Waals surface area (Å²) in [6.45, 7) is 1.85. The lowest BCUT2D eigenvalue weighted by atomic mass is 10.1. The highest BCUT2D eigenvalue weighted by molar-refractivity contribution is 7.90. The van der Waals surface area contributed by atoms with Gasteiger partial charge in [0.1, 0.15) is 9.84 Å². The first-order chi connectivity index (χ1) is 7.38. The van der Waals surface area contributed by atoms with Gasteiger partial charge in [0, 0.05) is 23.9 Å². The van der Waals surface area contributed by atoms with E-state index in [2.05, 4.69) is 4.98 Å². The number of pyridine rings is 1. The number of hydrogen-bond acceptors (Lipinski definition) is 4. The van der Waals surface area contributed by atoms with Gasteiger partial charge in [0.2, 0.25) is 0 Å². The Hall–Kier alpha value is -0.940. The van der Waals surface area contributed by atoms with E-state index in [0.29, 0.717) is 12.8 Å². The summed E-state index contributed by atoms with van der Waals surface area (Å²) < 4.78 is 21.8. The van der Waals surface area contributed by atoms with Gasteiger partial charge in [-0.25, -0.2) is 8.42 Å². The van der Waals surface area contributed by atoms with Crippen LogP contribution in [0.3, 0.4) is 0 Å². The van der Waals surface area contributed by atoms with Crippen LogP contribution in [0.1, 0.15) is 30.2 Å². The van der Waals surface area contributed by atoms with Crippen LogP contribution in [0.2, 0.25) is 0 Å². The van der Waals surface area contributed by atoms with E-state index in [9.17, 15) is 13.5 Å². The Bertz CT molecular complexity index is 442. The molecule has 0 bridgehead atoms. The zero-order valence-corrected chi connectivity index (χ0v) is 10.4. The zero-order chi connectivity index (χ0) is 12.2. The van der Waals surface area contributed by atoms with Crippen molar-refractivity contribution in [2.45, 2.75) is 25.9 Å². The average Bonchev–Trinajstić information content (AvgIpc) is 2.15. The number of aliphatic hydroxyl groups is 1. The van der Waals surface area contributed by atoms with Crippen molar-refractivity contribution < 1.29 is 13.5 Å². The van der Waals surface area contributed by atoms with Gasteiger partial charge in [0.05, 0.1) is 6.10 Å². The molecule has 1 unspecified atom stereocenters. The third-order valence-electron chi connectivity index (χ3n) is 2.30. The lowest BCUT2D eigenvalue weighted by molar-refractivity contribution is 0.166. The minimum absolute atomic E-state index is 0.119. The van der Waals surface area contributed by atoms with Crippen LogP contribution in [0, 0.1) is 6.92 Å². The van der Waals surface area contributed by atoms with E-state index in [0.717, 1.165) is 11.3 Å². The molecule has 0 aliphatic rings. The van der Waals surface area contributed by atoms with Crippen molar-refractivity contribution in [3.05, 3.63) is 29.6 Å². The summed E-state index contributed by atoms with van der Waals surface area (Å²) in [5.74, 6) is 0.119. The van der Waals surface area contributed by atoms with E-state index < -0.39 is 15.9 Å². The number of aromatic nitrogens is 1. The van der Waals surface area contributed by atoms with Crippen LogP contribution in [0.15, 0.2) is 18.3 Å². The third kappa shape index (κ3) is 4.72. The second-order valence-electron chi connectivity index (χ2n) is 4.02. The molecule has 0 aliphatic heterocycles. The second kappa shape index (κ2) is 5.41. The lowest BCUT2D eigenvalue weighted by Gasteiger charge is -2.10. The summed E-state index contributed by atoms with van der Waals surface area (Å²) in [6, 6.07) is 3.56. The maximum atomic E-state index is 10.9. The Morgan fingerprint density at radius 1 is 1.50 bits per heavy atom. The van der Waals surface area contributed by atoms with E-state index in [1.807, 2.05) is 13.0 Å². The van der Waals surface area contributed by atoms with E-state index in [1.54, 1.807) is 12.3 Å². The van der Waals surface area contributed by atoms with Gasteiger partial charge in [0.15, 0.2) is 0 Å². The van der Waals surface area contributed by atoms with Crippen LogP contribution in [0.25, 0.3) is 0 Å². The molecule has 0 saturated carbocycles. The molecule has 0 radical (unpaired) electrons. The standard InChI is InChI=1S/C11H17NO3S/c1-9-8-10(5-6-12-9)11(13)4-3-7-16(2,14)15/h5-6,8,11,13H,3-4,7H2,1-2H3. The monoisotopic (exact) mass is 243 g/mol. The van der Waals surface area contributed by atoms with Gasteiger partial charge in [-0.2, -0.15) is 0 Å². The highest BCUT2D eigenvalue weighted by atomic mass is 32.2. The maximum Gasteiger partial charge on any atom is 0.147 e. The number of aryl methyl sites for hydroxylation is 1. The Balaban J connectivity index is 2.50. The summed E-state index contributed by atoms with van der Waals surface area (Å²) in [6.07, 6.45) is 3.17. The molecule has 90 valence electrons. The van der Waals surface area contributed by atoms with Gasteiger partial charge in [-0.1, -0.05) is 0 Å². The molecule has 1 heterocycles. The normalized spacial score (nSPS) is 13.7. The Kier molecular flexibility index (Phi) is 4.44. The molecule has 4 nitrogen and oxygen atoms in total. The second-order valence-corrected chi connectivity index (χ2v) is 6.28. The molecule has 1 N–H and O–H groups in total. The summed E-state index contributed by atoms with van der Waals surface area (Å²) in [7, 11) is -2.93. The van der Waals surface area contributed by atoms with Crippen LogP contribution in [0.5, 0.6) is 0 Å². The fourth-order valence-electron chi connectivity index (χ4n) is 1.48. The molecular formula is C11H17NO3S. The highest BCUT2D eigenvalue weighted by Crippen LogP contribution is 2.18.